The molecule has 6 rings (SSSR count). The van der Waals surface area contributed by atoms with Crippen LogP contribution in [0.3, 0.4) is 0 Å². The van der Waals surface area contributed by atoms with Gasteiger partial charge in [0.15, 0.2) is 10.8 Å². The molecule has 48 heavy (non-hydrogen) atoms. The van der Waals surface area contributed by atoms with E-state index in [2.05, 4.69) is 20.0 Å². The number of unbranched alkanes of at least 4 members (excludes halogenated alkanes) is 2. The Kier molecular flexibility index (Phi) is 9.96. The number of para-hydroxylation sites is 1. The fraction of sp³-hybridized carbons (Fsp3) is 0.270. The Labute approximate surface area is 282 Å². The van der Waals surface area contributed by atoms with Gasteiger partial charge in [0.1, 0.15) is 11.6 Å². The van der Waals surface area contributed by atoms with Crippen LogP contribution in [0.15, 0.2) is 72.8 Å². The number of esters is 1. The van der Waals surface area contributed by atoms with Crippen molar-refractivity contribution in [2.45, 2.75) is 45.6 Å². The van der Waals surface area contributed by atoms with E-state index in [1.165, 1.54) is 18.4 Å². The van der Waals surface area contributed by atoms with Gasteiger partial charge in [-0.1, -0.05) is 47.7 Å². The lowest BCUT2D eigenvalue weighted by Gasteiger charge is -2.31. The molecule has 2 N–H and O–H groups in total. The van der Waals surface area contributed by atoms with Crippen LogP contribution >= 0.6 is 11.3 Å². The molecule has 0 spiro atoms. The predicted molar refractivity (Wildman–Crippen MR) is 186 cm³/mol. The van der Waals surface area contributed by atoms with Gasteiger partial charge in [-0.05, 0) is 91.3 Å². The molecule has 0 saturated heterocycles. The first-order chi connectivity index (χ1) is 23.3. The molecule has 0 unspecified atom stereocenters. The summed E-state index contributed by atoms with van der Waals surface area (Å²) in [5.41, 5.74) is 5.35. The SMILES string of the molecule is COC(=O)CCCCCOc1cccc(-c2ccc(N3CCc4cccc(C(=O)Nc5nc6ccccc6s5)c4C3)nc2C(=O)O)c1C. The second-order valence-electron chi connectivity index (χ2n) is 11.6. The zero-order valence-corrected chi connectivity index (χ0v) is 27.6. The van der Waals surface area contributed by atoms with Crippen LogP contribution in [-0.4, -0.2) is 53.2 Å². The van der Waals surface area contributed by atoms with Gasteiger partial charge in [-0.2, -0.15) is 0 Å². The number of anilines is 2. The van der Waals surface area contributed by atoms with Crippen molar-refractivity contribution in [3.63, 3.8) is 0 Å². The van der Waals surface area contributed by atoms with Crippen LogP contribution in [0.5, 0.6) is 5.75 Å². The monoisotopic (exact) mass is 664 g/mol. The number of aromatic carboxylic acids is 1. The molecule has 1 amide bonds. The lowest BCUT2D eigenvalue weighted by atomic mass is 9.94. The van der Waals surface area contributed by atoms with E-state index in [1.807, 2.05) is 78.6 Å². The summed E-state index contributed by atoms with van der Waals surface area (Å²) < 4.78 is 11.7. The molecule has 0 fully saturated rings. The quantitative estimate of drug-likeness (QED) is 0.104. The number of carbonyl (C=O) groups excluding carboxylic acids is 2. The molecule has 0 saturated carbocycles. The molecule has 0 aliphatic carbocycles. The number of nitrogens with zero attached hydrogens (tertiary/aromatic N) is 3. The fourth-order valence-electron chi connectivity index (χ4n) is 5.98. The summed E-state index contributed by atoms with van der Waals surface area (Å²) >= 11 is 1.43. The normalized spacial score (nSPS) is 12.4. The highest BCUT2D eigenvalue weighted by atomic mass is 32.1. The number of carboxylic acid groups (broad SMARTS) is 1. The number of hydrogen-bond donors (Lipinski definition) is 2. The average molecular weight is 665 g/mol. The predicted octanol–water partition coefficient (Wildman–Crippen LogP) is 7.29. The Balaban J connectivity index is 1.19. The lowest BCUT2D eigenvalue weighted by Crippen LogP contribution is -2.33. The minimum atomic E-state index is -1.13. The van der Waals surface area contributed by atoms with Gasteiger partial charge in [-0.25, -0.2) is 14.8 Å². The first kappa shape index (κ1) is 32.6. The van der Waals surface area contributed by atoms with Crippen molar-refractivity contribution in [1.82, 2.24) is 9.97 Å². The second-order valence-corrected chi connectivity index (χ2v) is 12.6. The van der Waals surface area contributed by atoms with Gasteiger partial charge in [0, 0.05) is 30.6 Å². The van der Waals surface area contributed by atoms with Crippen LogP contribution in [0.1, 0.15) is 63.2 Å². The van der Waals surface area contributed by atoms with E-state index in [0.29, 0.717) is 60.4 Å². The first-order valence-corrected chi connectivity index (χ1v) is 16.7. The maximum absolute atomic E-state index is 13.5. The Morgan fingerprint density at radius 2 is 1.77 bits per heavy atom. The zero-order valence-electron chi connectivity index (χ0n) is 26.8. The minimum Gasteiger partial charge on any atom is -0.493 e. The molecule has 3 heterocycles. The zero-order chi connectivity index (χ0) is 33.6. The molecule has 1 aliphatic rings. The van der Waals surface area contributed by atoms with E-state index < -0.39 is 5.97 Å². The molecule has 0 radical (unpaired) electrons. The van der Waals surface area contributed by atoms with Gasteiger partial charge >= 0.3 is 11.9 Å². The van der Waals surface area contributed by atoms with Gasteiger partial charge in [-0.3, -0.25) is 14.9 Å². The van der Waals surface area contributed by atoms with Crippen LogP contribution in [0.2, 0.25) is 0 Å². The average Bonchev–Trinajstić information content (AvgIpc) is 3.51. The van der Waals surface area contributed by atoms with Crippen molar-refractivity contribution in [2.75, 3.05) is 30.5 Å². The number of thiazole rings is 1. The molecule has 11 heteroatoms. The third kappa shape index (κ3) is 7.16. The van der Waals surface area contributed by atoms with E-state index in [4.69, 9.17) is 4.74 Å². The van der Waals surface area contributed by atoms with E-state index >= 15 is 0 Å². The van der Waals surface area contributed by atoms with Crippen molar-refractivity contribution in [2.24, 2.45) is 0 Å². The molecule has 1 aliphatic heterocycles. The maximum Gasteiger partial charge on any atom is 0.355 e. The molecular weight excluding hydrogens is 628 g/mol. The summed E-state index contributed by atoms with van der Waals surface area (Å²) in [5, 5.41) is 13.8. The highest BCUT2D eigenvalue weighted by molar-refractivity contribution is 7.22. The smallest absolute Gasteiger partial charge is 0.355 e. The summed E-state index contributed by atoms with van der Waals surface area (Å²) in [4.78, 5) is 48.5. The van der Waals surface area contributed by atoms with Gasteiger partial charge in [-0.15, -0.1) is 0 Å². The third-order valence-corrected chi connectivity index (χ3v) is 9.48. The van der Waals surface area contributed by atoms with E-state index in [9.17, 15) is 19.5 Å². The van der Waals surface area contributed by atoms with Crippen LogP contribution < -0.4 is 15.0 Å². The summed E-state index contributed by atoms with van der Waals surface area (Å²) in [6.07, 6.45) is 3.42. The molecule has 0 atom stereocenters. The van der Waals surface area contributed by atoms with Gasteiger partial charge in [0.05, 0.1) is 23.9 Å². The number of benzene rings is 3. The molecular formula is C37H36N4O6S. The molecule has 10 nitrogen and oxygen atoms in total. The highest BCUT2D eigenvalue weighted by Gasteiger charge is 2.25. The largest absolute Gasteiger partial charge is 0.493 e. The van der Waals surface area contributed by atoms with E-state index in [0.717, 1.165) is 51.7 Å². The second kappa shape index (κ2) is 14.6. The number of amides is 1. The number of ether oxygens (including phenoxy) is 2. The van der Waals surface area contributed by atoms with Crippen molar-refractivity contribution < 1.29 is 29.0 Å². The van der Waals surface area contributed by atoms with Crippen molar-refractivity contribution in [3.8, 4) is 16.9 Å². The summed E-state index contributed by atoms with van der Waals surface area (Å²) in [6, 6.07) is 22.7. The van der Waals surface area contributed by atoms with E-state index in [1.54, 1.807) is 6.07 Å². The number of carboxylic acids is 1. The van der Waals surface area contributed by atoms with Gasteiger partial charge in [0.25, 0.3) is 5.91 Å². The van der Waals surface area contributed by atoms with Crippen LogP contribution in [0.4, 0.5) is 10.9 Å². The Morgan fingerprint density at radius 3 is 2.58 bits per heavy atom. The number of methoxy groups -OCH3 is 1. The van der Waals surface area contributed by atoms with E-state index in [-0.39, 0.29) is 17.6 Å². The number of carbonyl (C=O) groups is 3. The number of nitrogens with one attached hydrogen (secondary N) is 1. The standard InChI is InChI=1S/C37H36N4O6S/c1-23-25(11-9-14-30(23)47-21-7-3-4-16-33(42)46-2)26-17-18-32(39-34(26)36(44)45)41-20-19-24-10-8-12-27(28(24)22-41)35(43)40-37-38-29-13-5-6-15-31(29)48-37/h5-6,8-15,17-18H,3-4,7,16,19-22H2,1-2H3,(H,44,45)(H,38,40,43). The van der Waals surface area contributed by atoms with Crippen LogP contribution in [0.25, 0.3) is 21.3 Å². The number of hydrogen-bond acceptors (Lipinski definition) is 9. The van der Waals surface area contributed by atoms with Gasteiger partial charge in [0.2, 0.25) is 0 Å². The molecule has 5 aromatic rings. The Morgan fingerprint density at radius 1 is 0.938 bits per heavy atom. The van der Waals surface area contributed by atoms with Crippen molar-refractivity contribution in [3.05, 3.63) is 101 Å². The maximum atomic E-state index is 13.5. The Hall–Kier alpha value is -5.29. The molecule has 3 aromatic carbocycles. The minimum absolute atomic E-state index is 0.0526. The Bertz CT molecular complexity index is 1960. The van der Waals surface area contributed by atoms with Crippen LogP contribution in [0, 0.1) is 6.92 Å². The number of pyridine rings is 1. The lowest BCUT2D eigenvalue weighted by molar-refractivity contribution is -0.140. The molecule has 2 aromatic heterocycles. The van der Waals surface area contributed by atoms with Crippen molar-refractivity contribution >= 4 is 50.3 Å². The fourth-order valence-corrected chi connectivity index (χ4v) is 6.84. The number of aromatic nitrogens is 2. The number of rotatable bonds is 12. The topological polar surface area (TPSA) is 131 Å². The molecule has 246 valence electrons. The van der Waals surface area contributed by atoms with Crippen molar-refractivity contribution in [1.29, 1.82) is 0 Å². The molecule has 0 bridgehead atoms. The summed E-state index contributed by atoms with van der Waals surface area (Å²) in [5.74, 6) is -0.380. The number of fused-ring (bicyclic) bond motifs is 2. The third-order valence-electron chi connectivity index (χ3n) is 8.52. The summed E-state index contributed by atoms with van der Waals surface area (Å²) in [6.45, 7) is 3.42. The highest BCUT2D eigenvalue weighted by Crippen LogP contribution is 2.34. The first-order valence-electron chi connectivity index (χ1n) is 15.9. The van der Waals surface area contributed by atoms with Gasteiger partial charge < -0.3 is 19.5 Å². The van der Waals surface area contributed by atoms with Crippen LogP contribution in [-0.2, 0) is 22.5 Å². The summed E-state index contributed by atoms with van der Waals surface area (Å²) in [7, 11) is 1.39.